The summed E-state index contributed by atoms with van der Waals surface area (Å²) in [5.74, 6) is 6.37. The summed E-state index contributed by atoms with van der Waals surface area (Å²) in [6, 6.07) is 0. The van der Waals surface area contributed by atoms with Gasteiger partial charge in [0, 0.05) is 0 Å². The average molecular weight is 110 g/mol. The molecule has 0 aromatic heterocycles. The van der Waals surface area contributed by atoms with Crippen LogP contribution in [0.5, 0.6) is 0 Å². The topological polar surface area (TPSA) is 40.5 Å². The van der Waals surface area contributed by atoms with Crippen LogP contribution in [0.25, 0.3) is 0 Å². The zero-order chi connectivity index (χ0) is 6.41. The van der Waals surface area contributed by atoms with Gasteiger partial charge in [-0.1, -0.05) is 5.92 Å². The predicted octanol–water partition coefficient (Wildman–Crippen LogP) is -1.02. The third kappa shape index (κ3) is 3.24. The SMILES string of the molecule is C#CC#C[C@@H](O)CO. The molecule has 0 saturated heterocycles. The highest BCUT2D eigenvalue weighted by Crippen LogP contribution is 1.72. The minimum atomic E-state index is -0.994. The molecule has 0 heterocycles. The van der Waals surface area contributed by atoms with Crippen LogP contribution in [-0.4, -0.2) is 22.9 Å². The Morgan fingerprint density at radius 1 is 1.62 bits per heavy atom. The number of terminal acetylenes is 1. The van der Waals surface area contributed by atoms with E-state index >= 15 is 0 Å². The smallest absolute Gasteiger partial charge is 0.138 e. The Morgan fingerprint density at radius 3 is 2.62 bits per heavy atom. The van der Waals surface area contributed by atoms with Crippen LogP contribution in [0, 0.1) is 24.2 Å². The maximum atomic E-state index is 8.47. The lowest BCUT2D eigenvalue weighted by Gasteiger charge is -1.90. The van der Waals surface area contributed by atoms with Crippen molar-refractivity contribution in [3.8, 4) is 24.2 Å². The summed E-state index contributed by atoms with van der Waals surface area (Å²) in [5.41, 5.74) is 0. The van der Waals surface area contributed by atoms with Crippen molar-refractivity contribution in [1.82, 2.24) is 0 Å². The van der Waals surface area contributed by atoms with Crippen molar-refractivity contribution in [2.75, 3.05) is 6.61 Å². The van der Waals surface area contributed by atoms with E-state index in [0.717, 1.165) is 0 Å². The first-order valence-electron chi connectivity index (χ1n) is 2.06. The molecule has 8 heavy (non-hydrogen) atoms. The molecule has 0 aliphatic heterocycles. The second-order valence-corrected chi connectivity index (χ2v) is 1.11. The third-order valence-corrected chi connectivity index (χ3v) is 0.484. The van der Waals surface area contributed by atoms with Crippen LogP contribution in [0.1, 0.15) is 0 Å². The van der Waals surface area contributed by atoms with Crippen molar-refractivity contribution < 1.29 is 10.2 Å². The van der Waals surface area contributed by atoms with Crippen molar-refractivity contribution in [2.24, 2.45) is 0 Å². The summed E-state index contributed by atoms with van der Waals surface area (Å²) in [7, 11) is 0. The highest BCUT2D eigenvalue weighted by Gasteiger charge is 1.90. The molecule has 0 bridgehead atoms. The van der Waals surface area contributed by atoms with Crippen LogP contribution in [0.15, 0.2) is 0 Å². The summed E-state index contributed by atoms with van der Waals surface area (Å²) >= 11 is 0. The molecule has 0 radical (unpaired) electrons. The van der Waals surface area contributed by atoms with Crippen LogP contribution in [0.2, 0.25) is 0 Å². The maximum absolute atomic E-state index is 8.47. The second kappa shape index (κ2) is 4.21. The Balaban J connectivity index is 3.55. The Kier molecular flexibility index (Phi) is 3.70. The Hall–Kier alpha value is -0.960. The Bertz CT molecular complexity index is 144. The first-order chi connectivity index (χ1) is 3.81. The van der Waals surface area contributed by atoms with E-state index in [4.69, 9.17) is 16.6 Å². The molecule has 0 aliphatic carbocycles. The molecule has 0 aliphatic rings. The van der Waals surface area contributed by atoms with Crippen molar-refractivity contribution in [3.05, 3.63) is 0 Å². The van der Waals surface area contributed by atoms with Crippen LogP contribution in [0.4, 0.5) is 0 Å². The fraction of sp³-hybridized carbons (Fsp3) is 0.333. The van der Waals surface area contributed by atoms with E-state index in [0.29, 0.717) is 0 Å². The van der Waals surface area contributed by atoms with Crippen LogP contribution < -0.4 is 0 Å². The van der Waals surface area contributed by atoms with Gasteiger partial charge >= 0.3 is 0 Å². The third-order valence-electron chi connectivity index (χ3n) is 0.484. The van der Waals surface area contributed by atoms with E-state index in [9.17, 15) is 0 Å². The zero-order valence-corrected chi connectivity index (χ0v) is 4.26. The monoisotopic (exact) mass is 110 g/mol. The maximum Gasteiger partial charge on any atom is 0.138 e. The Morgan fingerprint density at radius 2 is 2.25 bits per heavy atom. The standard InChI is InChI=1S/C6H6O2/c1-2-3-4-6(8)5-7/h1,6-8H,5H2/t6-/m1/s1. The van der Waals surface area contributed by atoms with Crippen LogP contribution in [0.3, 0.4) is 0 Å². The van der Waals surface area contributed by atoms with Crippen molar-refractivity contribution in [3.63, 3.8) is 0 Å². The molecule has 0 rings (SSSR count). The predicted molar refractivity (Wildman–Crippen MR) is 29.7 cm³/mol. The van der Waals surface area contributed by atoms with Gasteiger partial charge in [-0.15, -0.1) is 6.42 Å². The molecule has 2 nitrogen and oxygen atoms in total. The van der Waals surface area contributed by atoms with E-state index in [2.05, 4.69) is 11.8 Å². The van der Waals surface area contributed by atoms with E-state index in [1.54, 1.807) is 0 Å². The highest BCUT2D eigenvalue weighted by atomic mass is 16.3. The summed E-state index contributed by atoms with van der Waals surface area (Å²) in [6.45, 7) is -0.366. The van der Waals surface area contributed by atoms with E-state index < -0.39 is 6.10 Å². The van der Waals surface area contributed by atoms with Gasteiger partial charge in [0.2, 0.25) is 0 Å². The highest BCUT2D eigenvalue weighted by molar-refractivity contribution is 5.23. The number of hydrogen-bond acceptors (Lipinski definition) is 2. The Labute approximate surface area is 48.2 Å². The van der Waals surface area contributed by atoms with Crippen molar-refractivity contribution in [2.45, 2.75) is 6.10 Å². The van der Waals surface area contributed by atoms with Gasteiger partial charge in [-0.25, -0.2) is 0 Å². The summed E-state index contributed by atoms with van der Waals surface area (Å²) in [4.78, 5) is 0. The van der Waals surface area contributed by atoms with E-state index in [-0.39, 0.29) is 6.61 Å². The number of aliphatic hydroxyl groups excluding tert-OH is 2. The molecule has 42 valence electrons. The van der Waals surface area contributed by atoms with Gasteiger partial charge < -0.3 is 10.2 Å². The fourth-order valence-electron chi connectivity index (χ4n) is 0.171. The number of hydrogen-bond donors (Lipinski definition) is 2. The number of aliphatic hydroxyl groups is 2. The molecular weight excluding hydrogens is 104 g/mol. The molecule has 0 aromatic rings. The first-order valence-corrected chi connectivity index (χ1v) is 2.06. The second-order valence-electron chi connectivity index (χ2n) is 1.11. The van der Waals surface area contributed by atoms with Gasteiger partial charge in [-0.3, -0.25) is 0 Å². The van der Waals surface area contributed by atoms with Gasteiger partial charge in [0.1, 0.15) is 6.10 Å². The lowest BCUT2D eigenvalue weighted by molar-refractivity contribution is 0.138. The lowest BCUT2D eigenvalue weighted by Crippen LogP contribution is -2.07. The molecule has 0 fully saturated rings. The minimum Gasteiger partial charge on any atom is -0.393 e. The quantitative estimate of drug-likeness (QED) is 0.424. The summed E-state index contributed by atoms with van der Waals surface area (Å²) < 4.78 is 0. The fourth-order valence-corrected chi connectivity index (χ4v) is 0.171. The molecule has 0 amide bonds. The molecule has 0 aromatic carbocycles. The van der Waals surface area contributed by atoms with Gasteiger partial charge in [0.15, 0.2) is 0 Å². The molecule has 0 saturated carbocycles. The van der Waals surface area contributed by atoms with E-state index in [1.165, 1.54) is 0 Å². The van der Waals surface area contributed by atoms with Gasteiger partial charge in [0.05, 0.1) is 6.61 Å². The summed E-state index contributed by atoms with van der Waals surface area (Å²) in [5, 5.41) is 16.6. The molecule has 0 unspecified atom stereocenters. The average Bonchev–Trinajstić information content (AvgIpc) is 1.83. The largest absolute Gasteiger partial charge is 0.393 e. The minimum absolute atomic E-state index is 0.366. The normalized spacial score (nSPS) is 10.6. The van der Waals surface area contributed by atoms with E-state index in [1.807, 2.05) is 5.92 Å². The molecule has 2 N–H and O–H groups in total. The molecule has 2 heteroatoms. The van der Waals surface area contributed by atoms with Crippen molar-refractivity contribution in [1.29, 1.82) is 0 Å². The van der Waals surface area contributed by atoms with Crippen molar-refractivity contribution >= 4 is 0 Å². The first kappa shape index (κ1) is 7.04. The zero-order valence-electron chi connectivity index (χ0n) is 4.26. The molecular formula is C6H6O2. The van der Waals surface area contributed by atoms with Crippen LogP contribution in [-0.2, 0) is 0 Å². The molecule has 1 atom stereocenters. The number of rotatable bonds is 1. The van der Waals surface area contributed by atoms with Gasteiger partial charge in [-0.05, 0) is 11.8 Å². The van der Waals surface area contributed by atoms with Gasteiger partial charge in [0.25, 0.3) is 0 Å². The van der Waals surface area contributed by atoms with Crippen LogP contribution >= 0.6 is 0 Å². The van der Waals surface area contributed by atoms with Gasteiger partial charge in [-0.2, -0.15) is 0 Å². The molecule has 0 spiro atoms. The summed E-state index contributed by atoms with van der Waals surface area (Å²) in [6.07, 6.45) is 3.72. The lowest BCUT2D eigenvalue weighted by atomic mass is 10.4.